The Labute approximate surface area is 113 Å². The number of rotatable bonds is 9. The molecule has 0 aromatic rings. The summed E-state index contributed by atoms with van der Waals surface area (Å²) in [5, 5.41) is 9.62. The minimum absolute atomic E-state index is 0.0458. The molecule has 0 aliphatic heterocycles. The van der Waals surface area contributed by atoms with E-state index in [4.69, 9.17) is 0 Å². The van der Waals surface area contributed by atoms with Gasteiger partial charge in [0.1, 0.15) is 5.78 Å². The van der Waals surface area contributed by atoms with Crippen molar-refractivity contribution in [3.8, 4) is 0 Å². The predicted molar refractivity (Wildman–Crippen MR) is 77.6 cm³/mol. The van der Waals surface area contributed by atoms with Gasteiger partial charge in [-0.2, -0.15) is 0 Å². The maximum atomic E-state index is 11.9. The highest BCUT2D eigenvalue weighted by atomic mass is 16.3. The summed E-state index contributed by atoms with van der Waals surface area (Å²) in [7, 11) is 0. The van der Waals surface area contributed by atoms with Crippen molar-refractivity contribution in [1.82, 2.24) is 0 Å². The first-order valence-electron chi connectivity index (χ1n) is 7.40. The number of hydrogen-bond donors (Lipinski definition) is 1. The van der Waals surface area contributed by atoms with Crippen molar-refractivity contribution in [3.63, 3.8) is 0 Å². The first-order valence-corrected chi connectivity index (χ1v) is 7.40. The zero-order valence-corrected chi connectivity index (χ0v) is 13.1. The van der Waals surface area contributed by atoms with E-state index in [0.717, 1.165) is 12.8 Å². The average Bonchev–Trinajstić information content (AvgIpc) is 2.24. The normalized spacial score (nSPS) is 17.3. The maximum Gasteiger partial charge on any atom is 0.133 e. The molecule has 0 fully saturated rings. The molecule has 2 heteroatoms. The summed E-state index contributed by atoms with van der Waals surface area (Å²) in [6.45, 7) is 12.1. The molecule has 1 N–H and O–H groups in total. The first kappa shape index (κ1) is 17.6. The molecule has 0 bridgehead atoms. The molecule has 0 rings (SSSR count). The fourth-order valence-corrected chi connectivity index (χ4v) is 2.61. The highest BCUT2D eigenvalue weighted by molar-refractivity contribution is 5.79. The Bertz CT molecular complexity index is 243. The van der Waals surface area contributed by atoms with Crippen LogP contribution in [-0.4, -0.2) is 17.0 Å². The number of unbranched alkanes of at least 4 members (excludes halogenated alkanes) is 2. The number of aliphatic hydroxyl groups excluding tert-OH is 1. The maximum absolute atomic E-state index is 11.9. The first-order chi connectivity index (χ1) is 8.22. The van der Waals surface area contributed by atoms with Gasteiger partial charge in [0.05, 0.1) is 6.10 Å². The number of carbonyl (C=O) groups excluding carboxylic acids is 1. The molecule has 0 saturated carbocycles. The molecule has 0 aromatic heterocycles. The number of ketones is 1. The van der Waals surface area contributed by atoms with E-state index in [2.05, 4.69) is 20.8 Å². The van der Waals surface area contributed by atoms with E-state index in [9.17, 15) is 9.90 Å². The summed E-state index contributed by atoms with van der Waals surface area (Å²) in [6.07, 6.45) is 5.20. The summed E-state index contributed by atoms with van der Waals surface area (Å²) in [5.74, 6) is 0.521. The predicted octanol–water partition coefficient (Wildman–Crippen LogP) is 4.21. The minimum atomic E-state index is -0.335. The van der Waals surface area contributed by atoms with Gasteiger partial charge < -0.3 is 5.11 Å². The van der Waals surface area contributed by atoms with Gasteiger partial charge >= 0.3 is 0 Å². The van der Waals surface area contributed by atoms with Crippen LogP contribution >= 0.6 is 0 Å². The topological polar surface area (TPSA) is 37.3 Å². The fraction of sp³-hybridized carbons (Fsp3) is 0.938. The molecule has 3 unspecified atom stereocenters. The van der Waals surface area contributed by atoms with Crippen molar-refractivity contribution in [1.29, 1.82) is 0 Å². The third-order valence-corrected chi connectivity index (χ3v) is 4.29. The van der Waals surface area contributed by atoms with Crippen molar-refractivity contribution >= 4 is 5.78 Å². The van der Waals surface area contributed by atoms with Crippen LogP contribution in [0.5, 0.6) is 0 Å². The highest BCUT2D eigenvalue weighted by Crippen LogP contribution is 2.37. The standard InChI is InChI=1S/C16H32O2/c1-7-8-9-10-16(5,6)15(14(4)18)11-12(2)13(3)17/h12-13,15,17H,7-11H2,1-6H3. The summed E-state index contributed by atoms with van der Waals surface area (Å²) < 4.78 is 0. The number of hydrogen-bond acceptors (Lipinski definition) is 2. The molecule has 0 saturated heterocycles. The molecular formula is C16H32O2. The lowest BCUT2D eigenvalue weighted by Crippen LogP contribution is -2.33. The number of Topliss-reactive ketones (excluding diaryl/α,β-unsaturated/α-hetero) is 1. The van der Waals surface area contributed by atoms with Gasteiger partial charge in [-0.1, -0.05) is 47.0 Å². The molecule has 18 heavy (non-hydrogen) atoms. The highest BCUT2D eigenvalue weighted by Gasteiger charge is 2.34. The second kappa shape index (κ2) is 7.93. The molecule has 108 valence electrons. The number of carbonyl (C=O) groups is 1. The zero-order valence-electron chi connectivity index (χ0n) is 13.1. The molecule has 2 nitrogen and oxygen atoms in total. The van der Waals surface area contributed by atoms with E-state index in [1.165, 1.54) is 19.3 Å². The lowest BCUT2D eigenvalue weighted by molar-refractivity contribution is -0.125. The van der Waals surface area contributed by atoms with Crippen LogP contribution in [0.3, 0.4) is 0 Å². The monoisotopic (exact) mass is 256 g/mol. The number of aliphatic hydroxyl groups is 1. The second-order valence-electron chi connectivity index (χ2n) is 6.56. The van der Waals surface area contributed by atoms with Crippen LogP contribution in [0.25, 0.3) is 0 Å². The zero-order chi connectivity index (χ0) is 14.3. The van der Waals surface area contributed by atoms with Crippen LogP contribution in [0, 0.1) is 17.3 Å². The molecule has 0 heterocycles. The molecule has 3 atom stereocenters. The largest absolute Gasteiger partial charge is 0.393 e. The Kier molecular flexibility index (Phi) is 7.77. The quantitative estimate of drug-likeness (QED) is 0.628. The van der Waals surface area contributed by atoms with Gasteiger partial charge in [-0.25, -0.2) is 0 Å². The van der Waals surface area contributed by atoms with E-state index >= 15 is 0 Å². The Morgan fingerprint density at radius 3 is 2.17 bits per heavy atom. The van der Waals surface area contributed by atoms with Gasteiger partial charge in [-0.05, 0) is 38.0 Å². The molecule has 0 amide bonds. The van der Waals surface area contributed by atoms with Crippen LogP contribution in [0.4, 0.5) is 0 Å². The SMILES string of the molecule is CCCCCC(C)(C)C(CC(C)C(C)O)C(C)=O. The van der Waals surface area contributed by atoms with Crippen molar-refractivity contribution in [2.75, 3.05) is 0 Å². The van der Waals surface area contributed by atoms with E-state index in [1.807, 2.05) is 13.8 Å². The van der Waals surface area contributed by atoms with Gasteiger partial charge in [0.2, 0.25) is 0 Å². The smallest absolute Gasteiger partial charge is 0.133 e. The van der Waals surface area contributed by atoms with Crippen LogP contribution in [-0.2, 0) is 4.79 Å². The van der Waals surface area contributed by atoms with Crippen LogP contribution in [0.15, 0.2) is 0 Å². The lowest BCUT2D eigenvalue weighted by Gasteiger charge is -2.35. The summed E-state index contributed by atoms with van der Waals surface area (Å²) in [5.41, 5.74) is 0.0458. The molecule has 0 aliphatic rings. The minimum Gasteiger partial charge on any atom is -0.393 e. The van der Waals surface area contributed by atoms with E-state index in [1.54, 1.807) is 6.92 Å². The summed E-state index contributed by atoms with van der Waals surface area (Å²) in [4.78, 5) is 11.9. The van der Waals surface area contributed by atoms with Gasteiger partial charge in [0, 0.05) is 5.92 Å². The van der Waals surface area contributed by atoms with E-state index in [0.29, 0.717) is 0 Å². The van der Waals surface area contributed by atoms with Gasteiger partial charge in [-0.15, -0.1) is 0 Å². The van der Waals surface area contributed by atoms with Crippen LogP contribution in [0.2, 0.25) is 0 Å². The summed E-state index contributed by atoms with van der Waals surface area (Å²) >= 11 is 0. The van der Waals surface area contributed by atoms with E-state index in [-0.39, 0.29) is 29.1 Å². The average molecular weight is 256 g/mol. The Morgan fingerprint density at radius 1 is 1.22 bits per heavy atom. The van der Waals surface area contributed by atoms with Gasteiger partial charge in [0.15, 0.2) is 0 Å². The van der Waals surface area contributed by atoms with Crippen LogP contribution < -0.4 is 0 Å². The lowest BCUT2D eigenvalue weighted by atomic mass is 9.69. The van der Waals surface area contributed by atoms with Gasteiger partial charge in [0.25, 0.3) is 0 Å². The molecule has 0 aromatic carbocycles. The third-order valence-electron chi connectivity index (χ3n) is 4.29. The second-order valence-corrected chi connectivity index (χ2v) is 6.56. The van der Waals surface area contributed by atoms with E-state index < -0.39 is 0 Å². The van der Waals surface area contributed by atoms with Crippen molar-refractivity contribution in [3.05, 3.63) is 0 Å². The Hall–Kier alpha value is -0.370. The van der Waals surface area contributed by atoms with Crippen molar-refractivity contribution < 1.29 is 9.90 Å². The molecular weight excluding hydrogens is 224 g/mol. The van der Waals surface area contributed by atoms with Crippen LogP contribution in [0.1, 0.15) is 73.6 Å². The fourth-order valence-electron chi connectivity index (χ4n) is 2.61. The van der Waals surface area contributed by atoms with Gasteiger partial charge in [-0.3, -0.25) is 4.79 Å². The van der Waals surface area contributed by atoms with Crippen molar-refractivity contribution in [2.45, 2.75) is 79.8 Å². The van der Waals surface area contributed by atoms with Crippen molar-refractivity contribution in [2.24, 2.45) is 17.3 Å². The molecule has 0 radical (unpaired) electrons. The Morgan fingerprint density at radius 2 is 1.78 bits per heavy atom. The third kappa shape index (κ3) is 5.99. The molecule has 0 aliphatic carbocycles. The summed E-state index contributed by atoms with van der Waals surface area (Å²) in [6, 6.07) is 0. The molecule has 0 spiro atoms. The Balaban J connectivity index is 4.61.